The summed E-state index contributed by atoms with van der Waals surface area (Å²) in [5, 5.41) is 19.0. The molecule has 1 aliphatic heterocycles. The summed E-state index contributed by atoms with van der Waals surface area (Å²) in [6.07, 6.45) is 1.97. The first kappa shape index (κ1) is 11.8. The fourth-order valence-corrected chi connectivity index (χ4v) is 3.81. The second kappa shape index (κ2) is 4.80. The second-order valence-corrected chi connectivity index (χ2v) is 5.45. The van der Waals surface area contributed by atoms with Gasteiger partial charge in [0.1, 0.15) is 5.37 Å². The van der Waals surface area contributed by atoms with Gasteiger partial charge in [-0.15, -0.1) is 11.8 Å². The lowest BCUT2D eigenvalue weighted by molar-refractivity contribution is 0.260. The predicted octanol–water partition coefficient (Wildman–Crippen LogP) is 2.27. The highest BCUT2D eigenvalue weighted by Gasteiger charge is 2.27. The molecule has 0 saturated carbocycles. The van der Waals surface area contributed by atoms with E-state index < -0.39 is 0 Å². The molecule has 4 heteroatoms. The summed E-state index contributed by atoms with van der Waals surface area (Å²) < 4.78 is 2.18. The second-order valence-electron chi connectivity index (χ2n) is 4.38. The lowest BCUT2D eigenvalue weighted by Gasteiger charge is -2.12. The van der Waals surface area contributed by atoms with Crippen LogP contribution >= 0.6 is 11.8 Å². The minimum atomic E-state index is -0.0118. The van der Waals surface area contributed by atoms with E-state index in [4.69, 9.17) is 0 Å². The number of fused-ring (bicyclic) bond motifs is 1. The molecule has 0 radical (unpaired) electrons. The van der Waals surface area contributed by atoms with Gasteiger partial charge in [0.15, 0.2) is 0 Å². The van der Waals surface area contributed by atoms with Crippen LogP contribution in [0.1, 0.15) is 27.8 Å². The summed E-state index contributed by atoms with van der Waals surface area (Å²) in [6, 6.07) is 10.3. The summed E-state index contributed by atoms with van der Waals surface area (Å²) in [5.41, 5.74) is 4.13. The fraction of sp³-hybridized carbons (Fsp3) is 0.286. The molecule has 0 saturated heterocycles. The number of thioether (sulfide) groups is 1. The molecular formula is C14H15NO2S. The Morgan fingerprint density at radius 3 is 2.61 bits per heavy atom. The molecule has 2 aromatic rings. The molecule has 1 atom stereocenters. The molecule has 0 aliphatic carbocycles. The predicted molar refractivity (Wildman–Crippen MR) is 72.2 cm³/mol. The zero-order valence-corrected chi connectivity index (χ0v) is 10.7. The van der Waals surface area contributed by atoms with Gasteiger partial charge in [0.05, 0.1) is 13.2 Å². The Hall–Kier alpha value is -1.23. The third-order valence-corrected chi connectivity index (χ3v) is 4.64. The lowest BCUT2D eigenvalue weighted by atomic mass is 10.2. The molecule has 1 aliphatic rings. The molecular weight excluding hydrogens is 246 g/mol. The van der Waals surface area contributed by atoms with Crippen molar-refractivity contribution < 1.29 is 10.2 Å². The summed E-state index contributed by atoms with van der Waals surface area (Å²) >= 11 is 1.85. The molecule has 18 heavy (non-hydrogen) atoms. The first-order chi connectivity index (χ1) is 8.85. The number of nitrogens with zero attached hydrogens (tertiary/aromatic N) is 1. The highest BCUT2D eigenvalue weighted by Crippen LogP contribution is 2.43. The molecule has 2 N–H and O–H groups in total. The number of hydrogen-bond donors (Lipinski definition) is 2. The maximum atomic E-state index is 9.43. The minimum absolute atomic E-state index is 0.000294. The fourth-order valence-electron chi connectivity index (χ4n) is 2.48. The Labute approximate surface area is 110 Å². The van der Waals surface area contributed by atoms with E-state index in [9.17, 15) is 10.2 Å². The zero-order chi connectivity index (χ0) is 12.5. The van der Waals surface area contributed by atoms with Crippen LogP contribution in [0.2, 0.25) is 0 Å². The van der Waals surface area contributed by atoms with E-state index in [0.717, 1.165) is 22.6 Å². The van der Waals surface area contributed by atoms with Crippen LogP contribution in [-0.4, -0.2) is 14.8 Å². The third-order valence-electron chi connectivity index (χ3n) is 3.39. The Bertz CT molecular complexity index is 550. The largest absolute Gasteiger partial charge is 0.392 e. The number of rotatable bonds is 3. The van der Waals surface area contributed by atoms with Gasteiger partial charge in [0.2, 0.25) is 0 Å². The first-order valence-electron chi connectivity index (χ1n) is 5.95. The molecule has 2 heterocycles. The maximum absolute atomic E-state index is 9.43. The van der Waals surface area contributed by atoms with Gasteiger partial charge in [-0.05, 0) is 5.56 Å². The van der Waals surface area contributed by atoms with E-state index in [1.54, 1.807) is 0 Å². The van der Waals surface area contributed by atoms with E-state index in [1.165, 1.54) is 5.56 Å². The van der Waals surface area contributed by atoms with Crippen LogP contribution in [0.25, 0.3) is 0 Å². The molecule has 1 aromatic carbocycles. The van der Waals surface area contributed by atoms with Crippen LogP contribution in [0, 0.1) is 0 Å². The molecule has 0 amide bonds. The Kier molecular flexibility index (Phi) is 3.16. The smallest absolute Gasteiger partial charge is 0.105 e. The molecule has 0 bridgehead atoms. The van der Waals surface area contributed by atoms with Gasteiger partial charge in [-0.2, -0.15) is 0 Å². The molecule has 3 rings (SSSR count). The highest BCUT2D eigenvalue weighted by atomic mass is 32.2. The highest BCUT2D eigenvalue weighted by molar-refractivity contribution is 7.99. The van der Waals surface area contributed by atoms with Crippen LogP contribution in [0.5, 0.6) is 0 Å². The molecule has 0 spiro atoms. The zero-order valence-electron chi connectivity index (χ0n) is 9.91. The number of benzene rings is 1. The van der Waals surface area contributed by atoms with Gasteiger partial charge in [0.25, 0.3) is 0 Å². The van der Waals surface area contributed by atoms with Crippen LogP contribution in [0.3, 0.4) is 0 Å². The van der Waals surface area contributed by atoms with Crippen molar-refractivity contribution in [2.24, 2.45) is 0 Å². The van der Waals surface area contributed by atoms with Gasteiger partial charge in [-0.1, -0.05) is 30.3 Å². The van der Waals surface area contributed by atoms with Crippen molar-refractivity contribution in [1.29, 1.82) is 0 Å². The minimum Gasteiger partial charge on any atom is -0.392 e. The molecule has 0 unspecified atom stereocenters. The van der Waals surface area contributed by atoms with Crippen LogP contribution in [-0.2, 0) is 19.0 Å². The van der Waals surface area contributed by atoms with Crippen LogP contribution in [0.4, 0.5) is 0 Å². The van der Waals surface area contributed by atoms with Crippen LogP contribution in [0.15, 0.2) is 36.5 Å². The number of aliphatic hydroxyl groups excluding tert-OH is 2. The quantitative estimate of drug-likeness (QED) is 0.891. The van der Waals surface area contributed by atoms with Gasteiger partial charge in [-0.3, -0.25) is 0 Å². The van der Waals surface area contributed by atoms with Crippen molar-refractivity contribution in [2.75, 3.05) is 0 Å². The summed E-state index contributed by atoms with van der Waals surface area (Å²) in [6.45, 7) is -0.0115. The van der Waals surface area contributed by atoms with Gasteiger partial charge in [0, 0.05) is 28.8 Å². The van der Waals surface area contributed by atoms with Crippen molar-refractivity contribution in [1.82, 2.24) is 4.57 Å². The molecule has 3 nitrogen and oxygen atoms in total. The average molecular weight is 261 g/mol. The summed E-state index contributed by atoms with van der Waals surface area (Å²) in [4.78, 5) is 0. The van der Waals surface area contributed by atoms with E-state index in [-0.39, 0.29) is 18.6 Å². The first-order valence-corrected chi connectivity index (χ1v) is 6.99. The number of aliphatic hydroxyl groups is 2. The van der Waals surface area contributed by atoms with E-state index in [1.807, 2.05) is 36.2 Å². The molecule has 1 aromatic heterocycles. The van der Waals surface area contributed by atoms with Gasteiger partial charge in [-0.25, -0.2) is 0 Å². The van der Waals surface area contributed by atoms with Crippen molar-refractivity contribution in [3.05, 3.63) is 58.9 Å². The van der Waals surface area contributed by atoms with Crippen LogP contribution < -0.4 is 0 Å². The molecule has 0 fully saturated rings. The van der Waals surface area contributed by atoms with Gasteiger partial charge >= 0.3 is 0 Å². The monoisotopic (exact) mass is 261 g/mol. The average Bonchev–Trinajstić information content (AvgIpc) is 2.97. The molecule has 94 valence electrons. The van der Waals surface area contributed by atoms with E-state index in [0.29, 0.717) is 0 Å². The van der Waals surface area contributed by atoms with Crippen molar-refractivity contribution in [2.45, 2.75) is 24.3 Å². The Morgan fingerprint density at radius 1 is 1.17 bits per heavy atom. The SMILES string of the molecule is OCc1cn2c(c1CO)CS[C@@H]2c1ccccc1. The van der Waals surface area contributed by atoms with E-state index >= 15 is 0 Å². The van der Waals surface area contributed by atoms with Crippen molar-refractivity contribution >= 4 is 11.8 Å². The number of hydrogen-bond acceptors (Lipinski definition) is 3. The Balaban J connectivity index is 2.04. The van der Waals surface area contributed by atoms with Crippen molar-refractivity contribution in [3.8, 4) is 0 Å². The lowest BCUT2D eigenvalue weighted by Crippen LogP contribution is -2.01. The van der Waals surface area contributed by atoms with Crippen molar-refractivity contribution in [3.63, 3.8) is 0 Å². The van der Waals surface area contributed by atoms with Gasteiger partial charge < -0.3 is 14.8 Å². The topological polar surface area (TPSA) is 45.4 Å². The standard InChI is InChI=1S/C14H15NO2S/c16-7-11-6-15-13(12(11)8-17)9-18-14(15)10-4-2-1-3-5-10/h1-6,14,16-17H,7-9H2/t14-/m1/s1. The summed E-state index contributed by atoms with van der Waals surface area (Å²) in [5.74, 6) is 0.884. The summed E-state index contributed by atoms with van der Waals surface area (Å²) in [7, 11) is 0. The number of aromatic nitrogens is 1. The normalized spacial score (nSPS) is 18.0. The maximum Gasteiger partial charge on any atom is 0.105 e. The van der Waals surface area contributed by atoms with E-state index in [2.05, 4.69) is 16.7 Å². The third kappa shape index (κ3) is 1.77. The Morgan fingerprint density at radius 2 is 1.94 bits per heavy atom.